The maximum Gasteiger partial charge on any atom is 0.414 e. The summed E-state index contributed by atoms with van der Waals surface area (Å²) < 4.78 is 26.0. The number of imidazole rings is 1. The summed E-state index contributed by atoms with van der Waals surface area (Å²) in [4.78, 5) is 18.4. The Labute approximate surface area is 153 Å². The number of benzene rings is 1. The molecule has 3 heterocycles. The number of halogens is 1. The summed E-state index contributed by atoms with van der Waals surface area (Å²) in [5.74, 6) is 0.0497. The van der Waals surface area contributed by atoms with E-state index in [1.165, 1.54) is 18.3 Å². The maximum absolute atomic E-state index is 13.0. The SMILES string of the molecule is O=[N+]([O-])c1cn2c(n1)O[C@@H](COc1ccc(-c3ccc(F)cc3)nc1)CC2. The minimum Gasteiger partial charge on any atom is -0.488 e. The van der Waals surface area contributed by atoms with Crippen molar-refractivity contribution in [3.63, 3.8) is 0 Å². The number of pyridine rings is 1. The van der Waals surface area contributed by atoms with Gasteiger partial charge < -0.3 is 19.6 Å². The molecule has 0 fully saturated rings. The molecule has 0 N–H and O–H groups in total. The molecule has 0 bridgehead atoms. The van der Waals surface area contributed by atoms with Crippen molar-refractivity contribution in [2.75, 3.05) is 6.61 Å². The van der Waals surface area contributed by atoms with E-state index >= 15 is 0 Å². The molecule has 0 unspecified atom stereocenters. The summed E-state index contributed by atoms with van der Waals surface area (Å²) in [6.07, 6.45) is 3.36. The zero-order chi connectivity index (χ0) is 18.8. The van der Waals surface area contributed by atoms with Gasteiger partial charge in [-0.1, -0.05) is 0 Å². The molecule has 0 spiro atoms. The maximum atomic E-state index is 13.0. The molecule has 4 rings (SSSR count). The molecule has 1 aliphatic rings. The third kappa shape index (κ3) is 3.71. The van der Waals surface area contributed by atoms with E-state index in [-0.39, 0.29) is 30.4 Å². The largest absolute Gasteiger partial charge is 0.488 e. The van der Waals surface area contributed by atoms with Crippen LogP contribution in [0, 0.1) is 15.9 Å². The number of hydrogen-bond acceptors (Lipinski definition) is 6. The van der Waals surface area contributed by atoms with E-state index in [4.69, 9.17) is 9.47 Å². The summed E-state index contributed by atoms with van der Waals surface area (Å²) >= 11 is 0. The zero-order valence-electron chi connectivity index (χ0n) is 14.1. The smallest absolute Gasteiger partial charge is 0.414 e. The molecule has 0 radical (unpaired) electrons. The van der Waals surface area contributed by atoms with Crippen molar-refractivity contribution >= 4 is 5.82 Å². The number of fused-ring (bicyclic) bond motifs is 1. The van der Waals surface area contributed by atoms with E-state index < -0.39 is 4.92 Å². The van der Waals surface area contributed by atoms with Crippen LogP contribution in [0.2, 0.25) is 0 Å². The molecule has 0 saturated carbocycles. The predicted octanol–water partition coefficient (Wildman–Crippen LogP) is 3.22. The first kappa shape index (κ1) is 17.0. The molecule has 1 atom stereocenters. The molecule has 0 saturated heterocycles. The first-order chi connectivity index (χ1) is 13.1. The monoisotopic (exact) mass is 370 g/mol. The summed E-state index contributed by atoms with van der Waals surface area (Å²) in [5.41, 5.74) is 1.53. The van der Waals surface area contributed by atoms with E-state index in [1.807, 2.05) is 0 Å². The Morgan fingerprint density at radius 3 is 2.81 bits per heavy atom. The van der Waals surface area contributed by atoms with Crippen LogP contribution in [0.3, 0.4) is 0 Å². The van der Waals surface area contributed by atoms with Crippen LogP contribution < -0.4 is 9.47 Å². The quantitative estimate of drug-likeness (QED) is 0.506. The lowest BCUT2D eigenvalue weighted by Crippen LogP contribution is -2.31. The highest BCUT2D eigenvalue weighted by Gasteiger charge is 2.28. The third-order valence-electron chi connectivity index (χ3n) is 4.19. The van der Waals surface area contributed by atoms with Gasteiger partial charge in [-0.2, -0.15) is 0 Å². The number of aryl methyl sites for hydroxylation is 1. The highest BCUT2D eigenvalue weighted by Crippen LogP contribution is 2.25. The van der Waals surface area contributed by atoms with E-state index in [0.29, 0.717) is 24.4 Å². The number of rotatable bonds is 5. The van der Waals surface area contributed by atoms with Crippen LogP contribution in [0.4, 0.5) is 10.2 Å². The summed E-state index contributed by atoms with van der Waals surface area (Å²) in [5, 5.41) is 10.8. The highest BCUT2D eigenvalue weighted by atomic mass is 19.1. The van der Waals surface area contributed by atoms with Crippen LogP contribution in [-0.4, -0.2) is 32.2 Å². The second-order valence-electron chi connectivity index (χ2n) is 6.06. The van der Waals surface area contributed by atoms with E-state index in [9.17, 15) is 14.5 Å². The Morgan fingerprint density at radius 1 is 1.30 bits per heavy atom. The van der Waals surface area contributed by atoms with Crippen molar-refractivity contribution in [3.05, 3.63) is 64.7 Å². The number of hydrogen-bond donors (Lipinski definition) is 0. The topological polar surface area (TPSA) is 92.3 Å². The van der Waals surface area contributed by atoms with Crippen LogP contribution >= 0.6 is 0 Å². The Balaban J connectivity index is 1.36. The molecular formula is C18H15FN4O4. The van der Waals surface area contributed by atoms with Gasteiger partial charge in [0.1, 0.15) is 30.5 Å². The van der Waals surface area contributed by atoms with Crippen molar-refractivity contribution in [1.29, 1.82) is 0 Å². The summed E-state index contributed by atoms with van der Waals surface area (Å²) in [7, 11) is 0. The number of ether oxygens (including phenoxy) is 2. The molecule has 8 nitrogen and oxygen atoms in total. The van der Waals surface area contributed by atoms with Crippen molar-refractivity contribution in [1.82, 2.24) is 14.5 Å². The molecule has 0 amide bonds. The second-order valence-corrected chi connectivity index (χ2v) is 6.06. The van der Waals surface area contributed by atoms with E-state index in [2.05, 4.69) is 9.97 Å². The summed E-state index contributed by atoms with van der Waals surface area (Å²) in [6.45, 7) is 0.851. The Morgan fingerprint density at radius 2 is 2.11 bits per heavy atom. The fourth-order valence-electron chi connectivity index (χ4n) is 2.78. The number of nitrogens with zero attached hydrogens (tertiary/aromatic N) is 4. The molecule has 9 heteroatoms. The average Bonchev–Trinajstić information content (AvgIpc) is 3.11. The lowest BCUT2D eigenvalue weighted by Gasteiger charge is -2.22. The zero-order valence-corrected chi connectivity index (χ0v) is 14.1. The second kappa shape index (κ2) is 7.02. The van der Waals surface area contributed by atoms with Gasteiger partial charge in [0.05, 0.1) is 11.9 Å². The molecule has 1 aliphatic heterocycles. The van der Waals surface area contributed by atoms with Crippen LogP contribution in [0.15, 0.2) is 48.8 Å². The highest BCUT2D eigenvalue weighted by molar-refractivity contribution is 5.59. The third-order valence-corrected chi connectivity index (χ3v) is 4.19. The molecule has 1 aromatic carbocycles. The first-order valence-corrected chi connectivity index (χ1v) is 8.31. The van der Waals surface area contributed by atoms with Gasteiger partial charge in [0.15, 0.2) is 0 Å². The minimum atomic E-state index is -0.547. The lowest BCUT2D eigenvalue weighted by atomic mass is 10.1. The van der Waals surface area contributed by atoms with Gasteiger partial charge in [-0.05, 0) is 41.3 Å². The van der Waals surface area contributed by atoms with Gasteiger partial charge in [0, 0.05) is 23.5 Å². The molecule has 27 heavy (non-hydrogen) atoms. The van der Waals surface area contributed by atoms with Crippen molar-refractivity contribution in [2.24, 2.45) is 0 Å². The van der Waals surface area contributed by atoms with Crippen molar-refractivity contribution in [2.45, 2.75) is 19.1 Å². The van der Waals surface area contributed by atoms with Gasteiger partial charge >= 0.3 is 11.8 Å². The molecular weight excluding hydrogens is 355 g/mol. The Kier molecular flexibility index (Phi) is 4.41. The summed E-state index contributed by atoms with van der Waals surface area (Å²) in [6, 6.07) is 9.89. The number of aromatic nitrogens is 3. The Hall–Kier alpha value is -3.49. The van der Waals surface area contributed by atoms with Gasteiger partial charge in [0.2, 0.25) is 0 Å². The van der Waals surface area contributed by atoms with E-state index in [1.54, 1.807) is 35.0 Å². The van der Waals surface area contributed by atoms with Crippen LogP contribution in [0.1, 0.15) is 6.42 Å². The van der Waals surface area contributed by atoms with Crippen LogP contribution in [-0.2, 0) is 6.54 Å². The average molecular weight is 370 g/mol. The molecule has 138 valence electrons. The van der Waals surface area contributed by atoms with E-state index in [0.717, 1.165) is 5.56 Å². The molecule has 0 aliphatic carbocycles. The van der Waals surface area contributed by atoms with Gasteiger partial charge in [0.25, 0.3) is 0 Å². The number of nitro groups is 1. The predicted molar refractivity (Wildman–Crippen MR) is 93.0 cm³/mol. The normalized spacial score (nSPS) is 15.7. The lowest BCUT2D eigenvalue weighted by molar-refractivity contribution is -0.389. The molecule has 3 aromatic rings. The van der Waals surface area contributed by atoms with Gasteiger partial charge in [-0.3, -0.25) is 9.55 Å². The van der Waals surface area contributed by atoms with Gasteiger partial charge in [-0.25, -0.2) is 4.39 Å². The van der Waals surface area contributed by atoms with Crippen molar-refractivity contribution in [3.8, 4) is 23.0 Å². The fourth-order valence-corrected chi connectivity index (χ4v) is 2.78. The minimum absolute atomic E-state index is 0.228. The fraction of sp³-hybridized carbons (Fsp3) is 0.222. The Bertz CT molecular complexity index is 956. The molecule has 2 aromatic heterocycles. The van der Waals surface area contributed by atoms with Crippen molar-refractivity contribution < 1.29 is 18.8 Å². The van der Waals surface area contributed by atoms with Gasteiger partial charge in [-0.15, -0.1) is 0 Å². The van der Waals surface area contributed by atoms with Crippen LogP contribution in [0.5, 0.6) is 11.8 Å². The van der Waals surface area contributed by atoms with Crippen LogP contribution in [0.25, 0.3) is 11.3 Å². The first-order valence-electron chi connectivity index (χ1n) is 8.31. The standard InChI is InChI=1S/C18H15FN4O4/c19-13-3-1-12(2-4-13)16-6-5-14(9-20-16)26-11-15-7-8-22-10-17(23(24)25)21-18(22)27-15/h1-6,9-10,15H,7-8,11H2/t15-/m1/s1.